The normalized spacial score (nSPS) is 15.0. The Kier molecular flexibility index (Phi) is 5.07. The number of aromatic amines is 1. The summed E-state index contributed by atoms with van der Waals surface area (Å²) in [5, 5.41) is 2.54. The predicted molar refractivity (Wildman–Crippen MR) is 124 cm³/mol. The molecule has 0 radical (unpaired) electrons. The molecule has 0 bridgehead atoms. The van der Waals surface area contributed by atoms with Crippen molar-refractivity contribution in [3.05, 3.63) is 54.2 Å². The molecule has 1 unspecified atom stereocenters. The quantitative estimate of drug-likeness (QED) is 0.367. The Labute approximate surface area is 179 Å². The van der Waals surface area contributed by atoms with Gasteiger partial charge in [-0.05, 0) is 73.2 Å². The molecule has 30 heavy (non-hydrogen) atoms. The minimum Gasteiger partial charge on any atom is -0.491 e. The highest BCUT2D eigenvalue weighted by Gasteiger charge is 2.29. The summed E-state index contributed by atoms with van der Waals surface area (Å²) >= 11 is 0. The topological polar surface area (TPSA) is 55.0 Å². The minimum absolute atomic E-state index is 0.328. The van der Waals surface area contributed by atoms with E-state index in [0.29, 0.717) is 11.9 Å². The van der Waals surface area contributed by atoms with Gasteiger partial charge in [-0.2, -0.15) is 0 Å². The molecule has 0 amide bonds. The molecule has 4 aromatic rings. The fourth-order valence-corrected chi connectivity index (χ4v) is 5.32. The summed E-state index contributed by atoms with van der Waals surface area (Å²) in [6, 6.07) is 14.5. The summed E-state index contributed by atoms with van der Waals surface area (Å²) < 4.78 is 18.8. The SMILES string of the molecule is CCCCOc1ccc(-c2cccc(S(=O)C3CC3)c2)c2c1[nH]c1ncc(C)cc12. The number of benzene rings is 2. The summed E-state index contributed by atoms with van der Waals surface area (Å²) in [6.45, 7) is 4.92. The van der Waals surface area contributed by atoms with Gasteiger partial charge >= 0.3 is 0 Å². The number of aryl methyl sites for hydroxylation is 1. The summed E-state index contributed by atoms with van der Waals surface area (Å²) in [5.41, 5.74) is 5.15. The van der Waals surface area contributed by atoms with Crippen molar-refractivity contribution in [2.75, 3.05) is 6.61 Å². The molecule has 1 N–H and O–H groups in total. The van der Waals surface area contributed by atoms with Crippen molar-refractivity contribution in [2.45, 2.75) is 49.7 Å². The van der Waals surface area contributed by atoms with Gasteiger partial charge in [-0.25, -0.2) is 4.98 Å². The van der Waals surface area contributed by atoms with Crippen LogP contribution in [0.5, 0.6) is 5.75 Å². The Morgan fingerprint density at radius 3 is 2.87 bits per heavy atom. The molecular formula is C25H26N2O2S. The number of fused-ring (bicyclic) bond motifs is 3. The van der Waals surface area contributed by atoms with Gasteiger partial charge in [0.05, 0.1) is 22.9 Å². The number of hydrogen-bond donors (Lipinski definition) is 1. The molecule has 2 heterocycles. The number of ether oxygens (including phenoxy) is 1. The third kappa shape index (κ3) is 3.52. The molecule has 154 valence electrons. The number of nitrogens with one attached hydrogen (secondary N) is 1. The summed E-state index contributed by atoms with van der Waals surface area (Å²) in [6.07, 6.45) is 6.14. The molecule has 1 aliphatic rings. The highest BCUT2D eigenvalue weighted by molar-refractivity contribution is 7.86. The van der Waals surface area contributed by atoms with Crippen molar-refractivity contribution >= 4 is 32.7 Å². The number of pyridine rings is 1. The fourth-order valence-electron chi connectivity index (χ4n) is 3.92. The summed E-state index contributed by atoms with van der Waals surface area (Å²) in [4.78, 5) is 9.01. The average Bonchev–Trinajstić information content (AvgIpc) is 3.55. The highest BCUT2D eigenvalue weighted by atomic mass is 32.2. The van der Waals surface area contributed by atoms with Crippen molar-refractivity contribution in [1.82, 2.24) is 9.97 Å². The van der Waals surface area contributed by atoms with Gasteiger partial charge in [0, 0.05) is 27.1 Å². The van der Waals surface area contributed by atoms with E-state index in [-0.39, 0.29) is 0 Å². The van der Waals surface area contributed by atoms with E-state index >= 15 is 0 Å². The van der Waals surface area contributed by atoms with Crippen LogP contribution in [-0.4, -0.2) is 26.0 Å². The van der Waals surface area contributed by atoms with Crippen LogP contribution in [0, 0.1) is 6.92 Å². The molecule has 5 heteroatoms. The third-order valence-corrected chi connectivity index (χ3v) is 7.46. The van der Waals surface area contributed by atoms with Gasteiger partial charge in [0.1, 0.15) is 11.4 Å². The number of unbranched alkanes of at least 4 members (excludes halogenated alkanes) is 1. The van der Waals surface area contributed by atoms with E-state index in [1.807, 2.05) is 24.4 Å². The van der Waals surface area contributed by atoms with E-state index in [2.05, 4.69) is 48.1 Å². The van der Waals surface area contributed by atoms with Gasteiger partial charge in [0.15, 0.2) is 0 Å². The number of aromatic nitrogens is 2. The predicted octanol–water partition coefficient (Wildman–Crippen LogP) is 6.14. The first-order valence-electron chi connectivity index (χ1n) is 10.7. The van der Waals surface area contributed by atoms with Crippen LogP contribution in [0.4, 0.5) is 0 Å². The van der Waals surface area contributed by atoms with Crippen molar-refractivity contribution in [1.29, 1.82) is 0 Å². The van der Waals surface area contributed by atoms with Gasteiger partial charge in [0.2, 0.25) is 0 Å². The standard InChI is InChI=1S/C25H26N2O2S/c1-3-4-12-29-22-11-10-20(17-6-5-7-19(14-17)30(28)18-8-9-18)23-21-13-16(2)15-26-25(21)27-24(22)23/h5-7,10-11,13-15,18H,3-4,8-9,12H2,1-2H3,(H,26,27). The lowest BCUT2D eigenvalue weighted by molar-refractivity contribution is 0.312. The number of hydrogen-bond acceptors (Lipinski definition) is 3. The van der Waals surface area contributed by atoms with Crippen LogP contribution in [-0.2, 0) is 10.8 Å². The third-order valence-electron chi connectivity index (χ3n) is 5.66. The molecular weight excluding hydrogens is 392 g/mol. The Morgan fingerprint density at radius 2 is 2.07 bits per heavy atom. The molecule has 1 fully saturated rings. The van der Waals surface area contributed by atoms with E-state index in [9.17, 15) is 4.21 Å². The molecule has 2 aromatic heterocycles. The van der Waals surface area contributed by atoms with E-state index in [0.717, 1.165) is 75.0 Å². The van der Waals surface area contributed by atoms with Crippen LogP contribution >= 0.6 is 0 Å². The van der Waals surface area contributed by atoms with E-state index in [1.54, 1.807) is 0 Å². The van der Waals surface area contributed by atoms with Gasteiger partial charge in [-0.15, -0.1) is 0 Å². The first-order valence-corrected chi connectivity index (χ1v) is 11.9. The van der Waals surface area contributed by atoms with Gasteiger partial charge in [-0.3, -0.25) is 4.21 Å². The van der Waals surface area contributed by atoms with Crippen LogP contribution in [0.2, 0.25) is 0 Å². The zero-order valence-corrected chi connectivity index (χ0v) is 18.2. The van der Waals surface area contributed by atoms with E-state index in [4.69, 9.17) is 4.74 Å². The number of rotatable bonds is 7. The minimum atomic E-state index is -0.918. The molecule has 5 rings (SSSR count). The maximum Gasteiger partial charge on any atom is 0.143 e. The van der Waals surface area contributed by atoms with Crippen LogP contribution in [0.3, 0.4) is 0 Å². The smallest absolute Gasteiger partial charge is 0.143 e. The van der Waals surface area contributed by atoms with E-state index < -0.39 is 10.8 Å². The zero-order valence-electron chi connectivity index (χ0n) is 17.4. The number of nitrogens with zero attached hydrogens (tertiary/aromatic N) is 1. The highest BCUT2D eigenvalue weighted by Crippen LogP contribution is 2.40. The molecule has 4 nitrogen and oxygen atoms in total. The van der Waals surface area contributed by atoms with Gasteiger partial charge < -0.3 is 9.72 Å². The second kappa shape index (κ2) is 7.88. The van der Waals surface area contributed by atoms with Gasteiger partial charge in [0.25, 0.3) is 0 Å². The maximum atomic E-state index is 12.7. The summed E-state index contributed by atoms with van der Waals surface area (Å²) in [7, 11) is -0.918. The molecule has 1 atom stereocenters. The van der Waals surface area contributed by atoms with Crippen molar-refractivity contribution in [2.24, 2.45) is 0 Å². The lowest BCUT2D eigenvalue weighted by atomic mass is 9.99. The Bertz CT molecular complexity index is 1260. The molecule has 1 saturated carbocycles. The van der Waals surface area contributed by atoms with E-state index in [1.165, 1.54) is 0 Å². The molecule has 0 saturated heterocycles. The second-order valence-electron chi connectivity index (χ2n) is 8.12. The zero-order chi connectivity index (χ0) is 20.7. The lowest BCUT2D eigenvalue weighted by Crippen LogP contribution is -1.98. The van der Waals surface area contributed by atoms with Crippen molar-refractivity contribution < 1.29 is 8.95 Å². The van der Waals surface area contributed by atoms with Crippen molar-refractivity contribution in [3.63, 3.8) is 0 Å². The van der Waals surface area contributed by atoms with Crippen LogP contribution in [0.15, 0.2) is 53.6 Å². The number of H-pyrrole nitrogens is 1. The first-order chi connectivity index (χ1) is 14.7. The average molecular weight is 419 g/mol. The largest absolute Gasteiger partial charge is 0.491 e. The molecule has 0 aliphatic heterocycles. The Morgan fingerprint density at radius 1 is 1.20 bits per heavy atom. The van der Waals surface area contributed by atoms with Crippen LogP contribution in [0.25, 0.3) is 33.1 Å². The first kappa shape index (κ1) is 19.3. The molecule has 0 spiro atoms. The Balaban J connectivity index is 1.69. The van der Waals surface area contributed by atoms with Crippen molar-refractivity contribution in [3.8, 4) is 16.9 Å². The fraction of sp³-hybridized carbons (Fsp3) is 0.320. The Hall–Kier alpha value is -2.66. The molecule has 2 aromatic carbocycles. The summed E-state index contributed by atoms with van der Waals surface area (Å²) in [5.74, 6) is 0.857. The maximum absolute atomic E-state index is 12.7. The lowest BCUT2D eigenvalue weighted by Gasteiger charge is -2.11. The van der Waals surface area contributed by atoms with Gasteiger partial charge in [-0.1, -0.05) is 25.5 Å². The van der Waals surface area contributed by atoms with Crippen LogP contribution < -0.4 is 4.74 Å². The monoisotopic (exact) mass is 418 g/mol. The van der Waals surface area contributed by atoms with Crippen LogP contribution in [0.1, 0.15) is 38.2 Å². The molecule has 1 aliphatic carbocycles. The second-order valence-corrected chi connectivity index (χ2v) is 9.85.